The van der Waals surface area contributed by atoms with Crippen LogP contribution in [0.25, 0.3) is 16.8 Å². The number of hydrogen-bond donors (Lipinski definition) is 2. The Balaban J connectivity index is 0.000000170. The van der Waals surface area contributed by atoms with Gasteiger partial charge in [0.25, 0.3) is 0 Å². The van der Waals surface area contributed by atoms with Gasteiger partial charge >= 0.3 is 0 Å². The van der Waals surface area contributed by atoms with E-state index in [2.05, 4.69) is 87.5 Å². The molecule has 0 aromatic heterocycles. The SMILES string of the molecule is Cc1ccc(C2=CCC3=C(C=C2)C(C)(C)c2ccccc23)cc1.N=C(/C=C(\N)c1ccccc1)c1ccccc1. The van der Waals surface area contributed by atoms with Gasteiger partial charge in [0.2, 0.25) is 0 Å². The quantitative estimate of drug-likeness (QED) is 0.259. The zero-order chi connectivity index (χ0) is 28.1. The van der Waals surface area contributed by atoms with Gasteiger partial charge < -0.3 is 11.1 Å². The van der Waals surface area contributed by atoms with Gasteiger partial charge in [-0.2, -0.15) is 0 Å². The second-order valence-corrected chi connectivity index (χ2v) is 10.9. The molecule has 0 radical (unpaired) electrons. The average Bonchev–Trinajstić information content (AvgIpc) is 3.11. The Kier molecular flexibility index (Phi) is 7.79. The summed E-state index contributed by atoms with van der Waals surface area (Å²) in [5, 5.41) is 7.95. The highest BCUT2D eigenvalue weighted by Gasteiger charge is 2.36. The van der Waals surface area contributed by atoms with E-state index in [0.29, 0.717) is 11.4 Å². The Morgan fingerprint density at radius 1 is 0.750 bits per heavy atom. The lowest BCUT2D eigenvalue weighted by atomic mass is 9.81. The summed E-state index contributed by atoms with van der Waals surface area (Å²) < 4.78 is 0. The molecule has 2 aliphatic rings. The molecule has 0 fully saturated rings. The van der Waals surface area contributed by atoms with E-state index < -0.39 is 0 Å². The molecular formula is C38H36N2. The van der Waals surface area contributed by atoms with Gasteiger partial charge in [0, 0.05) is 11.1 Å². The van der Waals surface area contributed by atoms with Crippen molar-refractivity contribution in [3.8, 4) is 0 Å². The van der Waals surface area contributed by atoms with Crippen molar-refractivity contribution in [2.24, 2.45) is 5.73 Å². The lowest BCUT2D eigenvalue weighted by molar-refractivity contribution is 0.654. The molecule has 0 unspecified atom stereocenters. The van der Waals surface area contributed by atoms with E-state index in [1.807, 2.05) is 60.7 Å². The summed E-state index contributed by atoms with van der Waals surface area (Å²) in [6.07, 6.45) is 9.70. The van der Waals surface area contributed by atoms with Gasteiger partial charge in [-0.1, -0.05) is 147 Å². The van der Waals surface area contributed by atoms with E-state index >= 15 is 0 Å². The smallest absolute Gasteiger partial charge is 0.0632 e. The van der Waals surface area contributed by atoms with Crippen LogP contribution in [0.4, 0.5) is 0 Å². The number of nitrogens with two attached hydrogens (primary N) is 1. The minimum Gasteiger partial charge on any atom is -0.398 e. The largest absolute Gasteiger partial charge is 0.398 e. The summed E-state index contributed by atoms with van der Waals surface area (Å²) in [6, 6.07) is 36.9. The molecule has 2 aliphatic carbocycles. The van der Waals surface area contributed by atoms with Crippen LogP contribution in [0.5, 0.6) is 0 Å². The van der Waals surface area contributed by atoms with Crippen molar-refractivity contribution in [2.75, 3.05) is 0 Å². The van der Waals surface area contributed by atoms with Crippen molar-refractivity contribution < 1.29 is 0 Å². The van der Waals surface area contributed by atoms with Crippen LogP contribution in [0.3, 0.4) is 0 Å². The molecule has 2 nitrogen and oxygen atoms in total. The number of benzene rings is 4. The third-order valence-electron chi connectivity index (χ3n) is 7.76. The van der Waals surface area contributed by atoms with E-state index in [9.17, 15) is 0 Å². The lowest BCUT2D eigenvalue weighted by Crippen LogP contribution is -2.15. The molecule has 0 bridgehead atoms. The van der Waals surface area contributed by atoms with Gasteiger partial charge in [-0.3, -0.25) is 0 Å². The Morgan fingerprint density at radius 3 is 2.02 bits per heavy atom. The second kappa shape index (κ2) is 11.6. The molecule has 40 heavy (non-hydrogen) atoms. The first kappa shape index (κ1) is 26.9. The minimum atomic E-state index is 0.0962. The topological polar surface area (TPSA) is 49.9 Å². The predicted molar refractivity (Wildman–Crippen MR) is 171 cm³/mol. The summed E-state index contributed by atoms with van der Waals surface area (Å²) in [4.78, 5) is 0. The Hall–Kier alpha value is -4.69. The first-order valence-corrected chi connectivity index (χ1v) is 13.8. The number of hydrogen-bond acceptors (Lipinski definition) is 2. The maximum atomic E-state index is 7.95. The van der Waals surface area contributed by atoms with Crippen LogP contribution in [0, 0.1) is 12.3 Å². The summed E-state index contributed by atoms with van der Waals surface area (Å²) in [7, 11) is 0. The van der Waals surface area contributed by atoms with Crippen LogP contribution >= 0.6 is 0 Å². The molecule has 0 saturated heterocycles. The summed E-state index contributed by atoms with van der Waals surface area (Å²) in [6.45, 7) is 6.82. The van der Waals surface area contributed by atoms with E-state index in [0.717, 1.165) is 17.5 Å². The van der Waals surface area contributed by atoms with Crippen molar-refractivity contribution in [3.63, 3.8) is 0 Å². The van der Waals surface area contributed by atoms with Crippen LogP contribution in [0.1, 0.15) is 53.6 Å². The van der Waals surface area contributed by atoms with Gasteiger partial charge in [0.05, 0.1) is 5.71 Å². The summed E-state index contributed by atoms with van der Waals surface area (Å²) >= 11 is 0. The molecule has 3 N–H and O–H groups in total. The number of nitrogens with one attached hydrogen (secondary N) is 1. The van der Waals surface area contributed by atoms with Crippen molar-refractivity contribution in [2.45, 2.75) is 32.6 Å². The molecule has 0 atom stereocenters. The first-order valence-electron chi connectivity index (χ1n) is 13.8. The third-order valence-corrected chi connectivity index (χ3v) is 7.76. The van der Waals surface area contributed by atoms with Gasteiger partial charge in [0.1, 0.15) is 0 Å². The molecule has 6 rings (SSSR count). The number of fused-ring (bicyclic) bond motifs is 2. The maximum Gasteiger partial charge on any atom is 0.0632 e. The van der Waals surface area contributed by atoms with Crippen LogP contribution in [-0.2, 0) is 5.41 Å². The Morgan fingerprint density at radius 2 is 1.35 bits per heavy atom. The first-order chi connectivity index (χ1) is 19.3. The highest BCUT2D eigenvalue weighted by Crippen LogP contribution is 2.49. The van der Waals surface area contributed by atoms with E-state index in [1.165, 1.54) is 39.0 Å². The fraction of sp³-hybridized carbons (Fsp3) is 0.132. The molecule has 2 heteroatoms. The van der Waals surface area contributed by atoms with Gasteiger partial charge in [-0.15, -0.1) is 0 Å². The van der Waals surface area contributed by atoms with E-state index in [4.69, 9.17) is 11.1 Å². The normalized spacial score (nSPS) is 15.3. The van der Waals surface area contributed by atoms with Gasteiger partial charge in [0.15, 0.2) is 0 Å². The Labute approximate surface area is 238 Å². The monoisotopic (exact) mass is 520 g/mol. The predicted octanol–water partition coefficient (Wildman–Crippen LogP) is 9.14. The standard InChI is InChI=1S/C23H22.C15H14N2/c1-16-8-10-17(11-9-16)18-12-14-20-19-6-4-5-7-21(19)23(2,3)22(20)15-13-18;16-14(12-7-3-1-4-8-12)11-15(17)13-9-5-2-6-10-13/h4-13,15H,14H2,1-3H3;1-11,16H,17H2/b;15-11-,16-14?. The average molecular weight is 521 g/mol. The summed E-state index contributed by atoms with van der Waals surface area (Å²) in [5.74, 6) is 0. The molecule has 0 amide bonds. The molecule has 198 valence electrons. The van der Waals surface area contributed by atoms with Crippen molar-refractivity contribution >= 4 is 22.6 Å². The molecule has 0 spiro atoms. The zero-order valence-electron chi connectivity index (χ0n) is 23.5. The molecular weight excluding hydrogens is 484 g/mol. The fourth-order valence-corrected chi connectivity index (χ4v) is 5.47. The highest BCUT2D eigenvalue weighted by atomic mass is 14.6. The summed E-state index contributed by atoms with van der Waals surface area (Å²) in [5.41, 5.74) is 18.7. The van der Waals surface area contributed by atoms with E-state index in [-0.39, 0.29) is 5.41 Å². The van der Waals surface area contributed by atoms with Crippen LogP contribution in [-0.4, -0.2) is 5.71 Å². The third kappa shape index (κ3) is 5.67. The lowest BCUT2D eigenvalue weighted by Gasteiger charge is -2.22. The molecule has 0 aliphatic heterocycles. The van der Waals surface area contributed by atoms with Gasteiger partial charge in [-0.05, 0) is 64.0 Å². The Bertz CT molecular complexity index is 1630. The molecule has 4 aromatic rings. The van der Waals surface area contributed by atoms with Crippen LogP contribution < -0.4 is 5.73 Å². The van der Waals surface area contributed by atoms with Crippen LogP contribution in [0.2, 0.25) is 0 Å². The maximum absolute atomic E-state index is 7.95. The van der Waals surface area contributed by atoms with Crippen molar-refractivity contribution in [1.82, 2.24) is 0 Å². The van der Waals surface area contributed by atoms with Gasteiger partial charge in [-0.25, -0.2) is 0 Å². The van der Waals surface area contributed by atoms with Crippen molar-refractivity contribution in [3.05, 3.63) is 172 Å². The number of rotatable bonds is 4. The molecule has 0 heterocycles. The van der Waals surface area contributed by atoms with Crippen molar-refractivity contribution in [1.29, 1.82) is 5.41 Å². The second-order valence-electron chi connectivity index (χ2n) is 10.9. The minimum absolute atomic E-state index is 0.0962. The molecule has 4 aromatic carbocycles. The molecule has 0 saturated carbocycles. The highest BCUT2D eigenvalue weighted by molar-refractivity contribution is 6.10. The number of aryl methyl sites for hydroxylation is 1. The van der Waals surface area contributed by atoms with Crippen LogP contribution in [0.15, 0.2) is 139 Å². The zero-order valence-corrected chi connectivity index (χ0v) is 23.5. The van der Waals surface area contributed by atoms with E-state index in [1.54, 1.807) is 6.08 Å². The number of allylic oxidation sites excluding steroid dienone is 7. The fourth-order valence-electron chi connectivity index (χ4n) is 5.47.